The fourth-order valence-electron chi connectivity index (χ4n) is 3.15. The molecule has 1 unspecified atom stereocenters. The van der Waals surface area contributed by atoms with Gasteiger partial charge in [-0.25, -0.2) is 0 Å². The molecule has 1 saturated heterocycles. The first-order chi connectivity index (χ1) is 10.3. The summed E-state index contributed by atoms with van der Waals surface area (Å²) >= 11 is 6.26. The largest absolute Gasteiger partial charge is 0.329 e. The Morgan fingerprint density at radius 1 is 1.36 bits per heavy atom. The highest BCUT2D eigenvalue weighted by Crippen LogP contribution is 2.48. The molecule has 2 aromatic rings. The number of aromatic nitrogens is 3. The van der Waals surface area contributed by atoms with Crippen molar-refractivity contribution in [3.8, 4) is 0 Å². The quantitative estimate of drug-likeness (QED) is 0.855. The summed E-state index contributed by atoms with van der Waals surface area (Å²) in [6.45, 7) is 6.86. The number of likely N-dealkylation sites (tertiary alicyclic amines) is 1. The number of nitrogens with zero attached hydrogens (tertiary/aromatic N) is 4. The van der Waals surface area contributed by atoms with E-state index < -0.39 is 0 Å². The number of amides is 1. The predicted octanol–water partition coefficient (Wildman–Crippen LogP) is 3.00. The molecule has 0 N–H and O–H groups in total. The van der Waals surface area contributed by atoms with Crippen molar-refractivity contribution in [3.05, 3.63) is 46.5 Å². The SMILES string of the molecule is Cc1c(Cl)c(C(=O)N2CC(C)(C)C2c2ccncc2)nn1C. The van der Waals surface area contributed by atoms with Gasteiger partial charge in [-0.1, -0.05) is 25.4 Å². The Morgan fingerprint density at radius 2 is 2.00 bits per heavy atom. The zero-order valence-electron chi connectivity index (χ0n) is 13.2. The lowest BCUT2D eigenvalue weighted by Crippen LogP contribution is -2.58. The number of rotatable bonds is 2. The predicted molar refractivity (Wildman–Crippen MR) is 84.8 cm³/mol. The van der Waals surface area contributed by atoms with Crippen LogP contribution < -0.4 is 0 Å². The lowest BCUT2D eigenvalue weighted by molar-refractivity contribution is -0.0327. The maximum Gasteiger partial charge on any atom is 0.276 e. The standard InChI is InChI=1S/C16H19ClN4O/c1-10-12(17)13(19-20(10)4)15(22)21-9-16(2,3)14(21)11-5-7-18-8-6-11/h5-8,14H,9H2,1-4H3. The van der Waals surface area contributed by atoms with Crippen LogP contribution in [-0.4, -0.2) is 32.1 Å². The van der Waals surface area contributed by atoms with Crippen LogP contribution in [0.25, 0.3) is 0 Å². The average Bonchev–Trinajstić information content (AvgIpc) is 2.73. The van der Waals surface area contributed by atoms with E-state index in [1.807, 2.05) is 24.0 Å². The van der Waals surface area contributed by atoms with Crippen LogP contribution in [0.15, 0.2) is 24.5 Å². The Kier molecular flexibility index (Phi) is 3.48. The van der Waals surface area contributed by atoms with Crippen LogP contribution in [0, 0.1) is 12.3 Å². The minimum Gasteiger partial charge on any atom is -0.329 e. The summed E-state index contributed by atoms with van der Waals surface area (Å²) in [5.41, 5.74) is 2.23. The Balaban J connectivity index is 1.95. The van der Waals surface area contributed by atoms with Crippen LogP contribution in [0.3, 0.4) is 0 Å². The molecule has 6 heteroatoms. The van der Waals surface area contributed by atoms with Crippen LogP contribution in [-0.2, 0) is 7.05 Å². The Bertz CT molecular complexity index is 723. The normalized spacial score (nSPS) is 19.9. The lowest BCUT2D eigenvalue weighted by atomic mass is 9.71. The summed E-state index contributed by atoms with van der Waals surface area (Å²) in [5, 5.41) is 4.71. The summed E-state index contributed by atoms with van der Waals surface area (Å²) < 4.78 is 1.64. The minimum atomic E-state index is -0.116. The van der Waals surface area contributed by atoms with Crippen LogP contribution >= 0.6 is 11.6 Å². The van der Waals surface area contributed by atoms with E-state index in [0.717, 1.165) is 11.3 Å². The number of hydrogen-bond acceptors (Lipinski definition) is 3. The molecule has 1 fully saturated rings. The molecule has 1 atom stereocenters. The molecule has 0 bridgehead atoms. The molecule has 22 heavy (non-hydrogen) atoms. The molecule has 0 spiro atoms. The van der Waals surface area contributed by atoms with Gasteiger partial charge in [-0.15, -0.1) is 0 Å². The average molecular weight is 319 g/mol. The van der Waals surface area contributed by atoms with Crippen molar-refractivity contribution in [2.24, 2.45) is 12.5 Å². The highest BCUT2D eigenvalue weighted by Gasteiger charge is 2.49. The van der Waals surface area contributed by atoms with Gasteiger partial charge in [0.25, 0.3) is 5.91 Å². The zero-order valence-corrected chi connectivity index (χ0v) is 13.9. The van der Waals surface area contributed by atoms with Crippen molar-refractivity contribution in [1.29, 1.82) is 0 Å². The van der Waals surface area contributed by atoms with Crippen molar-refractivity contribution < 1.29 is 4.79 Å². The van der Waals surface area contributed by atoms with Gasteiger partial charge < -0.3 is 4.90 Å². The van der Waals surface area contributed by atoms with Crippen molar-refractivity contribution in [3.63, 3.8) is 0 Å². The maximum absolute atomic E-state index is 12.8. The second-order valence-corrected chi connectivity index (χ2v) is 6.85. The van der Waals surface area contributed by atoms with Crippen molar-refractivity contribution in [2.45, 2.75) is 26.8 Å². The monoisotopic (exact) mass is 318 g/mol. The van der Waals surface area contributed by atoms with Gasteiger partial charge in [0.05, 0.1) is 16.8 Å². The van der Waals surface area contributed by atoms with E-state index in [1.165, 1.54) is 0 Å². The molecule has 1 amide bonds. The maximum atomic E-state index is 12.8. The Hall–Kier alpha value is -1.88. The number of carbonyl (C=O) groups is 1. The number of aryl methyl sites for hydroxylation is 1. The third kappa shape index (κ3) is 2.20. The van der Waals surface area contributed by atoms with Crippen LogP contribution in [0.2, 0.25) is 5.02 Å². The molecule has 0 radical (unpaired) electrons. The molecule has 3 rings (SSSR count). The fraction of sp³-hybridized carbons (Fsp3) is 0.438. The van der Waals surface area contributed by atoms with Crippen LogP contribution in [0.4, 0.5) is 0 Å². The lowest BCUT2D eigenvalue weighted by Gasteiger charge is -2.54. The Labute approximate surface area is 134 Å². The molecule has 5 nitrogen and oxygen atoms in total. The van der Waals surface area contributed by atoms with Gasteiger partial charge in [-0.05, 0) is 24.6 Å². The topological polar surface area (TPSA) is 51.0 Å². The molecule has 116 valence electrons. The first-order valence-corrected chi connectivity index (χ1v) is 7.60. The first-order valence-electron chi connectivity index (χ1n) is 7.23. The smallest absolute Gasteiger partial charge is 0.276 e. The Morgan fingerprint density at radius 3 is 2.50 bits per heavy atom. The second kappa shape index (κ2) is 5.09. The van der Waals surface area contributed by atoms with Crippen molar-refractivity contribution in [2.75, 3.05) is 6.54 Å². The molecule has 2 aromatic heterocycles. The molecular weight excluding hydrogens is 300 g/mol. The summed E-state index contributed by atoms with van der Waals surface area (Å²) in [4.78, 5) is 18.7. The third-order valence-corrected chi connectivity index (χ3v) is 4.83. The van der Waals surface area contributed by atoms with Gasteiger partial charge in [0.2, 0.25) is 0 Å². The second-order valence-electron chi connectivity index (χ2n) is 6.48. The number of hydrogen-bond donors (Lipinski definition) is 0. The van der Waals surface area contributed by atoms with E-state index in [1.54, 1.807) is 24.1 Å². The van der Waals surface area contributed by atoms with Gasteiger partial charge in [-0.2, -0.15) is 5.10 Å². The van der Waals surface area contributed by atoms with Crippen molar-refractivity contribution in [1.82, 2.24) is 19.7 Å². The van der Waals surface area contributed by atoms with Gasteiger partial charge in [-0.3, -0.25) is 14.5 Å². The third-order valence-electron chi connectivity index (χ3n) is 4.38. The molecule has 0 aromatic carbocycles. The van der Waals surface area contributed by atoms with Crippen LogP contribution in [0.5, 0.6) is 0 Å². The molecule has 1 aliphatic heterocycles. The van der Waals surface area contributed by atoms with Gasteiger partial charge in [0, 0.05) is 31.4 Å². The van der Waals surface area contributed by atoms with Gasteiger partial charge >= 0.3 is 0 Å². The van der Waals surface area contributed by atoms with Gasteiger partial charge in [0.1, 0.15) is 0 Å². The molecule has 0 saturated carbocycles. The fourth-order valence-corrected chi connectivity index (χ4v) is 3.39. The van der Waals surface area contributed by atoms with Crippen LogP contribution in [0.1, 0.15) is 41.6 Å². The molecular formula is C16H19ClN4O. The van der Waals surface area contributed by atoms with E-state index in [9.17, 15) is 4.79 Å². The summed E-state index contributed by atoms with van der Waals surface area (Å²) in [6.07, 6.45) is 3.51. The first kappa shape index (κ1) is 15.0. The van der Waals surface area contributed by atoms with E-state index >= 15 is 0 Å². The van der Waals surface area contributed by atoms with Gasteiger partial charge in [0.15, 0.2) is 5.69 Å². The zero-order chi connectivity index (χ0) is 16.1. The molecule has 3 heterocycles. The molecule has 1 aliphatic rings. The van der Waals surface area contributed by atoms with E-state index in [2.05, 4.69) is 23.9 Å². The van der Waals surface area contributed by atoms with E-state index in [-0.39, 0.29) is 17.4 Å². The highest BCUT2D eigenvalue weighted by molar-refractivity contribution is 6.34. The van der Waals surface area contributed by atoms with Crippen molar-refractivity contribution >= 4 is 17.5 Å². The minimum absolute atomic E-state index is 0.0152. The number of carbonyl (C=O) groups excluding carboxylic acids is 1. The molecule has 0 aliphatic carbocycles. The summed E-state index contributed by atoms with van der Waals surface area (Å²) in [5.74, 6) is -0.116. The highest BCUT2D eigenvalue weighted by atomic mass is 35.5. The number of pyridine rings is 1. The van der Waals surface area contributed by atoms with E-state index in [0.29, 0.717) is 17.3 Å². The summed E-state index contributed by atoms with van der Waals surface area (Å²) in [7, 11) is 1.79. The van der Waals surface area contributed by atoms with E-state index in [4.69, 9.17) is 11.6 Å². The summed E-state index contributed by atoms with van der Waals surface area (Å²) in [6, 6.07) is 3.93. The number of halogens is 1.